The lowest BCUT2D eigenvalue weighted by Crippen LogP contribution is -2.20. The summed E-state index contributed by atoms with van der Waals surface area (Å²) in [4.78, 5) is 12.3. The van der Waals surface area contributed by atoms with Crippen molar-refractivity contribution in [2.24, 2.45) is 5.41 Å². The molecule has 0 bridgehead atoms. The molecule has 1 fully saturated rings. The molecule has 1 saturated carbocycles. The van der Waals surface area contributed by atoms with Crippen molar-refractivity contribution in [3.05, 3.63) is 21.3 Å². The van der Waals surface area contributed by atoms with Gasteiger partial charge >= 0.3 is 0 Å². The van der Waals surface area contributed by atoms with Gasteiger partial charge < -0.3 is 4.79 Å². The van der Waals surface area contributed by atoms with Crippen LogP contribution in [-0.2, 0) is 11.2 Å². The van der Waals surface area contributed by atoms with Crippen LogP contribution in [0.1, 0.15) is 30.6 Å². The van der Waals surface area contributed by atoms with Crippen LogP contribution in [0.2, 0.25) is 5.02 Å². The fraction of sp³-hybridized carbons (Fsp3) is 0.545. The topological polar surface area (TPSA) is 17.1 Å². The molecule has 1 aromatic heterocycles. The highest BCUT2D eigenvalue weighted by molar-refractivity contribution is 7.10. The summed E-state index contributed by atoms with van der Waals surface area (Å²) in [6.07, 6.45) is 6.42. The van der Waals surface area contributed by atoms with Gasteiger partial charge in [-0.15, -0.1) is 11.3 Å². The van der Waals surface area contributed by atoms with E-state index in [1.54, 1.807) is 11.3 Å². The molecule has 0 unspecified atom stereocenters. The van der Waals surface area contributed by atoms with E-state index in [1.807, 2.05) is 11.4 Å². The summed E-state index contributed by atoms with van der Waals surface area (Å²) in [5.74, 6) is 0. The Bertz CT molecular complexity index is 326. The van der Waals surface area contributed by atoms with E-state index in [0.29, 0.717) is 0 Å². The molecule has 0 atom stereocenters. The van der Waals surface area contributed by atoms with E-state index in [9.17, 15) is 4.79 Å². The molecule has 0 aliphatic heterocycles. The molecule has 76 valence electrons. The molecule has 2 rings (SSSR count). The number of carbonyl (C=O) groups excluding carboxylic acids is 1. The highest BCUT2D eigenvalue weighted by atomic mass is 35.5. The van der Waals surface area contributed by atoms with Gasteiger partial charge in [0.15, 0.2) is 0 Å². The molecule has 0 spiro atoms. The zero-order valence-electron chi connectivity index (χ0n) is 7.96. The van der Waals surface area contributed by atoms with Gasteiger partial charge in [0.2, 0.25) is 0 Å². The first-order valence-electron chi connectivity index (χ1n) is 4.94. The van der Waals surface area contributed by atoms with E-state index >= 15 is 0 Å². The predicted molar refractivity (Wildman–Crippen MR) is 60.0 cm³/mol. The summed E-state index contributed by atoms with van der Waals surface area (Å²) in [6.45, 7) is 0. The third-order valence-electron chi connectivity index (χ3n) is 3.05. The van der Waals surface area contributed by atoms with E-state index in [4.69, 9.17) is 11.6 Å². The number of hydrogen-bond donors (Lipinski definition) is 0. The quantitative estimate of drug-likeness (QED) is 0.721. The van der Waals surface area contributed by atoms with Crippen molar-refractivity contribution in [2.45, 2.75) is 32.1 Å². The largest absolute Gasteiger partial charge is 0.303 e. The number of aldehydes is 1. The van der Waals surface area contributed by atoms with Crippen LogP contribution < -0.4 is 0 Å². The van der Waals surface area contributed by atoms with Gasteiger partial charge in [-0.3, -0.25) is 0 Å². The van der Waals surface area contributed by atoms with Crippen LogP contribution in [0.4, 0.5) is 0 Å². The predicted octanol–water partition coefficient (Wildman–Crippen LogP) is 3.70. The SMILES string of the molecule is O=CC1(Cc2sccc2Cl)CCCC1. The summed E-state index contributed by atoms with van der Waals surface area (Å²) in [5, 5.41) is 2.81. The van der Waals surface area contributed by atoms with Gasteiger partial charge in [-0.05, 0) is 30.7 Å². The molecule has 0 N–H and O–H groups in total. The van der Waals surface area contributed by atoms with Gasteiger partial charge in [0.1, 0.15) is 6.29 Å². The number of hydrogen-bond acceptors (Lipinski definition) is 2. The number of halogens is 1. The second kappa shape index (κ2) is 4.03. The molecule has 3 heteroatoms. The molecule has 1 heterocycles. The summed E-state index contributed by atoms with van der Waals surface area (Å²) < 4.78 is 0. The van der Waals surface area contributed by atoms with Crippen LogP contribution in [0.25, 0.3) is 0 Å². The second-order valence-corrected chi connectivity index (χ2v) is 5.46. The maximum absolute atomic E-state index is 11.1. The van der Waals surface area contributed by atoms with E-state index in [0.717, 1.165) is 30.6 Å². The molecular weight excluding hydrogens is 216 g/mol. The summed E-state index contributed by atoms with van der Waals surface area (Å²) >= 11 is 7.69. The molecule has 14 heavy (non-hydrogen) atoms. The van der Waals surface area contributed by atoms with E-state index in [-0.39, 0.29) is 5.41 Å². The minimum Gasteiger partial charge on any atom is -0.303 e. The molecule has 0 aromatic carbocycles. The van der Waals surface area contributed by atoms with E-state index in [1.165, 1.54) is 17.7 Å². The number of carbonyl (C=O) groups is 1. The summed E-state index contributed by atoms with van der Waals surface area (Å²) in [7, 11) is 0. The molecule has 0 saturated heterocycles. The molecular formula is C11H13ClOS. The first kappa shape index (κ1) is 10.2. The Morgan fingerprint density at radius 3 is 2.71 bits per heavy atom. The third kappa shape index (κ3) is 1.86. The highest BCUT2D eigenvalue weighted by Crippen LogP contribution is 2.41. The molecule has 1 aromatic rings. The van der Waals surface area contributed by atoms with E-state index in [2.05, 4.69) is 0 Å². The minimum absolute atomic E-state index is 0.103. The van der Waals surface area contributed by atoms with Crippen molar-refractivity contribution in [1.82, 2.24) is 0 Å². The van der Waals surface area contributed by atoms with Gasteiger partial charge in [-0.1, -0.05) is 24.4 Å². The lowest BCUT2D eigenvalue weighted by atomic mass is 9.84. The second-order valence-electron chi connectivity index (χ2n) is 4.06. The Hall–Kier alpha value is -0.340. The average molecular weight is 229 g/mol. The Balaban J connectivity index is 2.16. The molecule has 1 aliphatic carbocycles. The number of rotatable bonds is 3. The fourth-order valence-corrected chi connectivity index (χ4v) is 3.44. The van der Waals surface area contributed by atoms with Gasteiger partial charge in [0.25, 0.3) is 0 Å². The smallest absolute Gasteiger partial charge is 0.126 e. The lowest BCUT2D eigenvalue weighted by Gasteiger charge is -2.20. The Labute approximate surface area is 93.1 Å². The maximum atomic E-state index is 11.1. The van der Waals surface area contributed by atoms with E-state index < -0.39 is 0 Å². The Kier molecular flexibility index (Phi) is 2.93. The van der Waals surface area contributed by atoms with Gasteiger partial charge in [-0.25, -0.2) is 0 Å². The first-order chi connectivity index (χ1) is 6.76. The Morgan fingerprint density at radius 2 is 2.21 bits per heavy atom. The monoisotopic (exact) mass is 228 g/mol. The minimum atomic E-state index is -0.103. The molecule has 1 aliphatic rings. The fourth-order valence-electron chi connectivity index (χ4n) is 2.19. The van der Waals surface area contributed by atoms with Crippen LogP contribution in [0.3, 0.4) is 0 Å². The van der Waals surface area contributed by atoms with Crippen molar-refractivity contribution in [3.8, 4) is 0 Å². The average Bonchev–Trinajstić information content (AvgIpc) is 2.79. The van der Waals surface area contributed by atoms with Crippen LogP contribution in [0.15, 0.2) is 11.4 Å². The molecule has 1 nitrogen and oxygen atoms in total. The zero-order chi connectivity index (χ0) is 10.0. The van der Waals surface area contributed by atoms with Crippen molar-refractivity contribution in [1.29, 1.82) is 0 Å². The normalized spacial score (nSPS) is 19.8. The van der Waals surface area contributed by atoms with Crippen molar-refractivity contribution < 1.29 is 4.79 Å². The van der Waals surface area contributed by atoms with Crippen LogP contribution in [0.5, 0.6) is 0 Å². The lowest BCUT2D eigenvalue weighted by molar-refractivity contribution is -0.115. The number of thiophene rings is 1. The Morgan fingerprint density at radius 1 is 1.50 bits per heavy atom. The summed E-state index contributed by atoms with van der Waals surface area (Å²) in [6, 6.07) is 1.91. The van der Waals surface area contributed by atoms with Crippen molar-refractivity contribution >= 4 is 29.2 Å². The summed E-state index contributed by atoms with van der Waals surface area (Å²) in [5.41, 5.74) is -0.103. The van der Waals surface area contributed by atoms with Crippen LogP contribution >= 0.6 is 22.9 Å². The first-order valence-corrected chi connectivity index (χ1v) is 6.20. The van der Waals surface area contributed by atoms with Crippen molar-refractivity contribution in [3.63, 3.8) is 0 Å². The van der Waals surface area contributed by atoms with Gasteiger partial charge in [0, 0.05) is 10.3 Å². The zero-order valence-corrected chi connectivity index (χ0v) is 9.53. The van der Waals surface area contributed by atoms with Crippen molar-refractivity contribution in [2.75, 3.05) is 0 Å². The third-order valence-corrected chi connectivity index (χ3v) is 4.44. The standard InChI is InChI=1S/C11H13ClOS/c12-9-3-6-14-10(9)7-11(8-13)4-1-2-5-11/h3,6,8H,1-2,4-5,7H2. The van der Waals surface area contributed by atoms with Gasteiger partial charge in [-0.2, -0.15) is 0 Å². The van der Waals surface area contributed by atoms with Crippen LogP contribution in [-0.4, -0.2) is 6.29 Å². The molecule has 0 amide bonds. The molecule has 0 radical (unpaired) electrons. The van der Waals surface area contributed by atoms with Crippen LogP contribution in [0, 0.1) is 5.41 Å². The maximum Gasteiger partial charge on any atom is 0.126 e. The van der Waals surface area contributed by atoms with Gasteiger partial charge in [0.05, 0.1) is 5.02 Å². The highest BCUT2D eigenvalue weighted by Gasteiger charge is 2.34.